The molecule has 0 bridgehead atoms. The Morgan fingerprint density at radius 2 is 1.62 bits per heavy atom. The van der Waals surface area contributed by atoms with Crippen LogP contribution in [0.15, 0.2) is 72.8 Å². The van der Waals surface area contributed by atoms with Crippen LogP contribution in [-0.4, -0.2) is 16.6 Å². The van der Waals surface area contributed by atoms with Crippen molar-refractivity contribution in [2.24, 2.45) is 0 Å². The molecule has 0 radical (unpaired) electrons. The first-order chi connectivity index (χ1) is 13.8. The summed E-state index contributed by atoms with van der Waals surface area (Å²) < 4.78 is 40.1. The molecule has 0 fully saturated rings. The van der Waals surface area contributed by atoms with Gasteiger partial charge in [0.15, 0.2) is 0 Å². The molecule has 1 unspecified atom stereocenters. The Bertz CT molecular complexity index is 1020. The highest BCUT2D eigenvalue weighted by molar-refractivity contribution is 5.48. The van der Waals surface area contributed by atoms with E-state index in [0.717, 1.165) is 23.3 Å². The summed E-state index contributed by atoms with van der Waals surface area (Å²) in [7, 11) is 0. The third kappa shape index (κ3) is 3.80. The van der Waals surface area contributed by atoms with Gasteiger partial charge in [0.25, 0.3) is 0 Å². The van der Waals surface area contributed by atoms with E-state index in [2.05, 4.69) is 4.90 Å². The molecule has 1 aliphatic heterocycles. The first-order valence-corrected chi connectivity index (χ1v) is 9.53. The van der Waals surface area contributed by atoms with Gasteiger partial charge in [-0.1, -0.05) is 60.7 Å². The van der Waals surface area contributed by atoms with Crippen molar-refractivity contribution in [1.29, 1.82) is 0 Å². The van der Waals surface area contributed by atoms with E-state index in [9.17, 15) is 18.3 Å². The first-order valence-electron chi connectivity index (χ1n) is 9.53. The van der Waals surface area contributed by atoms with Crippen LogP contribution in [0.4, 0.5) is 13.2 Å². The molecule has 0 spiro atoms. The molecule has 3 aromatic rings. The highest BCUT2D eigenvalue weighted by Crippen LogP contribution is 2.41. The number of alkyl halides is 3. The summed E-state index contributed by atoms with van der Waals surface area (Å²) >= 11 is 0. The van der Waals surface area contributed by atoms with Crippen LogP contribution in [-0.2, 0) is 24.9 Å². The van der Waals surface area contributed by atoms with E-state index in [4.69, 9.17) is 0 Å². The van der Waals surface area contributed by atoms with Gasteiger partial charge in [0.05, 0.1) is 5.56 Å². The van der Waals surface area contributed by atoms with Crippen LogP contribution in [0.3, 0.4) is 0 Å². The predicted molar refractivity (Wildman–Crippen MR) is 106 cm³/mol. The van der Waals surface area contributed by atoms with E-state index in [1.165, 1.54) is 6.07 Å². The van der Waals surface area contributed by atoms with Crippen molar-refractivity contribution in [1.82, 2.24) is 4.90 Å². The average molecular weight is 397 g/mol. The Labute approximate surface area is 168 Å². The van der Waals surface area contributed by atoms with Gasteiger partial charge in [-0.05, 0) is 46.9 Å². The van der Waals surface area contributed by atoms with Gasteiger partial charge < -0.3 is 5.11 Å². The predicted octanol–water partition coefficient (Wildman–Crippen LogP) is 5.27. The minimum atomic E-state index is -4.46. The number of β-amino-alcohol motifs (C(OH)–C–C–N with tert-alkyl or cyclic N) is 1. The fourth-order valence-corrected chi connectivity index (χ4v) is 4.19. The topological polar surface area (TPSA) is 23.5 Å². The Morgan fingerprint density at radius 3 is 2.34 bits per heavy atom. The maximum absolute atomic E-state index is 13.4. The molecule has 0 saturated carbocycles. The highest BCUT2D eigenvalue weighted by Gasteiger charge is 2.41. The van der Waals surface area contributed by atoms with Gasteiger partial charge >= 0.3 is 6.18 Å². The van der Waals surface area contributed by atoms with Crippen molar-refractivity contribution in [3.05, 3.63) is 106 Å². The minimum absolute atomic E-state index is 0.223. The van der Waals surface area contributed by atoms with E-state index in [1.54, 1.807) is 6.92 Å². The first kappa shape index (κ1) is 19.7. The number of hydrogen-bond acceptors (Lipinski definition) is 2. The van der Waals surface area contributed by atoms with Crippen LogP contribution in [0.2, 0.25) is 0 Å². The van der Waals surface area contributed by atoms with Crippen LogP contribution < -0.4 is 0 Å². The molecular formula is C24H22F3NO. The second-order valence-electron chi connectivity index (χ2n) is 7.68. The quantitative estimate of drug-likeness (QED) is 0.651. The third-order valence-corrected chi connectivity index (χ3v) is 5.57. The molecule has 150 valence electrons. The van der Waals surface area contributed by atoms with Gasteiger partial charge in [0.2, 0.25) is 0 Å². The summed E-state index contributed by atoms with van der Waals surface area (Å²) in [6, 6.07) is 20.9. The number of aliphatic hydroxyl groups is 1. The van der Waals surface area contributed by atoms with Crippen molar-refractivity contribution >= 4 is 0 Å². The van der Waals surface area contributed by atoms with Crippen molar-refractivity contribution in [3.8, 4) is 0 Å². The zero-order valence-electron chi connectivity index (χ0n) is 16.1. The van der Waals surface area contributed by atoms with Crippen molar-refractivity contribution in [2.75, 3.05) is 6.54 Å². The zero-order valence-corrected chi connectivity index (χ0v) is 16.1. The molecule has 2 nitrogen and oxygen atoms in total. The number of hydrogen-bond donors (Lipinski definition) is 1. The Kier molecular flexibility index (Phi) is 4.97. The third-order valence-electron chi connectivity index (χ3n) is 5.57. The number of benzene rings is 3. The number of rotatable bonds is 3. The maximum atomic E-state index is 13.4. The minimum Gasteiger partial charge on any atom is -0.379 e. The molecule has 0 aliphatic carbocycles. The normalized spacial score (nSPS) is 19.8. The summed E-state index contributed by atoms with van der Waals surface area (Å²) in [4.78, 5) is 2.08. The molecule has 5 heteroatoms. The summed E-state index contributed by atoms with van der Waals surface area (Å²) in [5.74, 6) is 0. The summed E-state index contributed by atoms with van der Waals surface area (Å²) in [6.07, 6.45) is -4.46. The maximum Gasteiger partial charge on any atom is 0.416 e. The lowest BCUT2D eigenvalue weighted by Crippen LogP contribution is -2.46. The molecule has 4 rings (SSSR count). The highest BCUT2D eigenvalue weighted by atomic mass is 19.4. The van der Waals surface area contributed by atoms with E-state index < -0.39 is 17.3 Å². The molecule has 3 aromatic carbocycles. The van der Waals surface area contributed by atoms with Crippen molar-refractivity contribution in [3.63, 3.8) is 0 Å². The Morgan fingerprint density at radius 1 is 0.931 bits per heavy atom. The zero-order chi connectivity index (χ0) is 20.6. The molecule has 29 heavy (non-hydrogen) atoms. The van der Waals surface area contributed by atoms with Crippen LogP contribution in [0.1, 0.15) is 33.4 Å². The van der Waals surface area contributed by atoms with Crippen LogP contribution in [0, 0.1) is 6.92 Å². The number of fused-ring (bicyclic) bond motifs is 1. The second kappa shape index (κ2) is 7.32. The van der Waals surface area contributed by atoms with Gasteiger partial charge in [-0.3, -0.25) is 4.90 Å². The molecule has 1 heterocycles. The molecule has 1 N–H and O–H groups in total. The smallest absolute Gasteiger partial charge is 0.379 e. The number of aryl methyl sites for hydroxylation is 1. The number of halogens is 3. The molecule has 0 amide bonds. The SMILES string of the molecule is Cc1ccc(C(F)(F)F)cc1C1(O)CN(Cc2ccccc2)Cc2ccccc21. The molecular weight excluding hydrogens is 375 g/mol. The van der Waals surface area contributed by atoms with Crippen molar-refractivity contribution < 1.29 is 18.3 Å². The van der Waals surface area contributed by atoms with E-state index in [0.29, 0.717) is 29.8 Å². The summed E-state index contributed by atoms with van der Waals surface area (Å²) in [5.41, 5.74) is 1.36. The molecule has 1 aliphatic rings. The fourth-order valence-electron chi connectivity index (χ4n) is 4.19. The lowest BCUT2D eigenvalue weighted by atomic mass is 9.78. The van der Waals surface area contributed by atoms with Gasteiger partial charge in [0.1, 0.15) is 5.60 Å². The van der Waals surface area contributed by atoms with Gasteiger partial charge in [-0.15, -0.1) is 0 Å². The largest absolute Gasteiger partial charge is 0.416 e. The van der Waals surface area contributed by atoms with Gasteiger partial charge in [-0.2, -0.15) is 13.2 Å². The lowest BCUT2D eigenvalue weighted by molar-refractivity contribution is -0.137. The van der Waals surface area contributed by atoms with Crippen LogP contribution in [0.5, 0.6) is 0 Å². The Balaban J connectivity index is 1.80. The standard InChI is InChI=1S/C24H22F3NO/c1-17-11-12-20(24(25,26)27)13-22(17)23(29)16-28(14-18-7-3-2-4-8-18)15-19-9-5-6-10-21(19)23/h2-13,29H,14-16H2,1H3. The second-order valence-corrected chi connectivity index (χ2v) is 7.68. The van der Waals surface area contributed by atoms with Crippen molar-refractivity contribution in [2.45, 2.75) is 31.8 Å². The fraction of sp³-hybridized carbons (Fsp3) is 0.250. The lowest BCUT2D eigenvalue weighted by Gasteiger charge is -2.42. The van der Waals surface area contributed by atoms with E-state index >= 15 is 0 Å². The monoisotopic (exact) mass is 397 g/mol. The van der Waals surface area contributed by atoms with Crippen LogP contribution in [0.25, 0.3) is 0 Å². The molecule has 0 aromatic heterocycles. The average Bonchev–Trinajstić information content (AvgIpc) is 2.68. The van der Waals surface area contributed by atoms with E-state index in [-0.39, 0.29) is 6.54 Å². The summed E-state index contributed by atoms with van der Waals surface area (Å²) in [5, 5.41) is 11.8. The Hall–Kier alpha value is -2.63. The van der Waals surface area contributed by atoms with Gasteiger partial charge in [0, 0.05) is 19.6 Å². The van der Waals surface area contributed by atoms with Gasteiger partial charge in [-0.25, -0.2) is 0 Å². The molecule has 0 saturated heterocycles. The molecule has 1 atom stereocenters. The van der Waals surface area contributed by atoms with Crippen LogP contribution >= 0.6 is 0 Å². The summed E-state index contributed by atoms with van der Waals surface area (Å²) in [6.45, 7) is 3.20. The van der Waals surface area contributed by atoms with E-state index in [1.807, 2.05) is 54.6 Å². The number of nitrogens with zero attached hydrogens (tertiary/aromatic N) is 1.